The predicted molar refractivity (Wildman–Crippen MR) is 416 cm³/mol. The number of aliphatic hydroxyl groups excluding tert-OH is 5. The Bertz CT molecular complexity index is 1910. The van der Waals surface area contributed by atoms with Crippen LogP contribution in [0.3, 0.4) is 0 Å². The van der Waals surface area contributed by atoms with Crippen LogP contribution in [0.1, 0.15) is 393 Å². The molecule has 1 amide bonds. The van der Waals surface area contributed by atoms with Crippen LogP contribution in [0, 0.1) is 0 Å². The molecule has 0 radical (unpaired) electrons. The Labute approximate surface area is 603 Å². The number of ether oxygens (including phenoxy) is 3. The summed E-state index contributed by atoms with van der Waals surface area (Å²) in [4.78, 5) is 25.2. The third-order valence-corrected chi connectivity index (χ3v) is 19.4. The maximum absolute atomic E-state index is 13.1. The number of hydrogen-bond donors (Lipinski definition) is 6. The van der Waals surface area contributed by atoms with Gasteiger partial charge in [-0.15, -0.1) is 0 Å². The minimum absolute atomic E-state index is 0.00647. The average molecular weight is 1380 g/mol. The maximum atomic E-state index is 13.1. The van der Waals surface area contributed by atoms with E-state index in [0.717, 1.165) is 83.5 Å². The Kier molecular flexibility index (Phi) is 71.1. The van der Waals surface area contributed by atoms with E-state index >= 15 is 0 Å². The van der Waals surface area contributed by atoms with Crippen molar-refractivity contribution in [2.24, 2.45) is 0 Å². The highest BCUT2D eigenvalue weighted by atomic mass is 16.7. The molecule has 0 aromatic carbocycles. The maximum Gasteiger partial charge on any atom is 0.305 e. The summed E-state index contributed by atoms with van der Waals surface area (Å²) in [7, 11) is 0. The van der Waals surface area contributed by atoms with Gasteiger partial charge in [0.05, 0.1) is 32.0 Å². The van der Waals surface area contributed by atoms with Crippen LogP contribution in [0.2, 0.25) is 0 Å². The average Bonchev–Trinajstić information content (AvgIpc) is 0.833. The van der Waals surface area contributed by atoms with Gasteiger partial charge in [0, 0.05) is 12.8 Å². The zero-order chi connectivity index (χ0) is 70.8. The molecule has 0 bridgehead atoms. The molecule has 1 saturated heterocycles. The quantitative estimate of drug-likeness (QED) is 0.0195. The highest BCUT2D eigenvalue weighted by Gasteiger charge is 2.44. The molecule has 7 unspecified atom stereocenters. The summed E-state index contributed by atoms with van der Waals surface area (Å²) >= 11 is 0. The molecule has 1 fully saturated rings. The van der Waals surface area contributed by atoms with Crippen molar-refractivity contribution >= 4 is 11.9 Å². The Morgan fingerprint density at radius 3 is 1.09 bits per heavy atom. The van der Waals surface area contributed by atoms with E-state index in [-0.39, 0.29) is 18.5 Å². The van der Waals surface area contributed by atoms with Gasteiger partial charge in [-0.3, -0.25) is 9.59 Å². The molecule has 0 saturated carbocycles. The van der Waals surface area contributed by atoms with E-state index in [9.17, 15) is 35.1 Å². The monoisotopic (exact) mass is 1380 g/mol. The first-order valence-electron chi connectivity index (χ1n) is 41.9. The van der Waals surface area contributed by atoms with Crippen molar-refractivity contribution in [1.82, 2.24) is 5.32 Å². The minimum atomic E-state index is -1.58. The van der Waals surface area contributed by atoms with Crippen LogP contribution in [0.15, 0.2) is 85.1 Å². The standard InChI is InChI=1S/C87H157NO10/c1-3-5-7-9-11-13-15-17-19-43-47-51-55-59-63-67-71-75-83(92)96-76-72-68-64-60-56-52-48-45-42-40-38-36-34-32-30-28-26-24-22-20-21-23-25-27-29-31-33-35-37-39-41-44-46-50-54-58-62-66-70-74-82(91)88-79(78-97-87-86(95)85(94)84(93)81(77-89)98-87)80(90)73-69-65-61-57-53-49-18-16-14-12-10-8-6-4-2/h11,13-14,16-17,19-21,24,26,53,57,69,73,79-81,84-87,89-90,93-95H,3-10,12,15,18,22-23,25,27-52,54-56,58-68,70-72,74-78H2,1-2H3,(H,88,91)/b13-11-,16-14+,19-17-,21-20-,26-24-,57-53+,73-69+. The Morgan fingerprint density at radius 1 is 0.378 bits per heavy atom. The highest BCUT2D eigenvalue weighted by molar-refractivity contribution is 5.76. The van der Waals surface area contributed by atoms with Gasteiger partial charge in [-0.25, -0.2) is 0 Å². The zero-order valence-electron chi connectivity index (χ0n) is 63.7. The molecule has 11 heteroatoms. The molecule has 7 atom stereocenters. The second-order valence-electron chi connectivity index (χ2n) is 28.8. The van der Waals surface area contributed by atoms with Crippen molar-refractivity contribution in [2.75, 3.05) is 19.8 Å². The van der Waals surface area contributed by atoms with Gasteiger partial charge in [-0.1, -0.05) is 343 Å². The third-order valence-electron chi connectivity index (χ3n) is 19.4. The van der Waals surface area contributed by atoms with Gasteiger partial charge in [0.1, 0.15) is 24.4 Å². The van der Waals surface area contributed by atoms with Crippen molar-refractivity contribution in [2.45, 2.75) is 436 Å². The van der Waals surface area contributed by atoms with Crippen LogP contribution in [0.5, 0.6) is 0 Å². The van der Waals surface area contributed by atoms with Gasteiger partial charge in [-0.2, -0.15) is 0 Å². The van der Waals surface area contributed by atoms with Gasteiger partial charge >= 0.3 is 5.97 Å². The van der Waals surface area contributed by atoms with Gasteiger partial charge in [0.25, 0.3) is 0 Å². The summed E-state index contributed by atoms with van der Waals surface area (Å²) in [5.74, 6) is -0.186. The first-order chi connectivity index (χ1) is 48.2. The lowest BCUT2D eigenvalue weighted by atomic mass is 9.99. The van der Waals surface area contributed by atoms with E-state index < -0.39 is 49.5 Å². The molecular weight excluding hydrogens is 1220 g/mol. The molecule has 6 N–H and O–H groups in total. The van der Waals surface area contributed by atoms with Crippen molar-refractivity contribution in [3.8, 4) is 0 Å². The fourth-order valence-electron chi connectivity index (χ4n) is 12.9. The molecule has 11 nitrogen and oxygen atoms in total. The second kappa shape index (κ2) is 75.0. The zero-order valence-corrected chi connectivity index (χ0v) is 63.7. The first kappa shape index (κ1) is 92.9. The SMILES string of the molecule is CCCCC/C=C\C/C=C\CCCCCCCCCC(=O)OCCCCCCCCCCCCCCCCC/C=C\C/C=C\CCCCCCCCCCCCCCCCCCCC(=O)NC(COC1OC(CO)C(O)C(O)C1O)C(O)/C=C/CC/C=C/CC/C=C/CCCCCC. The molecule has 0 aromatic rings. The number of allylic oxidation sites excluding steroid dienone is 13. The van der Waals surface area contributed by atoms with Crippen molar-refractivity contribution < 1.29 is 49.3 Å². The van der Waals surface area contributed by atoms with E-state index in [2.05, 4.69) is 92.1 Å². The number of nitrogens with one attached hydrogen (secondary N) is 1. The smallest absolute Gasteiger partial charge is 0.305 e. The highest BCUT2D eigenvalue weighted by Crippen LogP contribution is 2.24. The van der Waals surface area contributed by atoms with Gasteiger partial charge in [0.2, 0.25) is 5.91 Å². The summed E-state index contributed by atoms with van der Waals surface area (Å²) in [5, 5.41) is 54.6. The molecule has 570 valence electrons. The van der Waals surface area contributed by atoms with Crippen molar-refractivity contribution in [1.29, 1.82) is 0 Å². The number of rotatable bonds is 74. The molecule has 1 aliphatic heterocycles. The van der Waals surface area contributed by atoms with E-state index in [1.807, 2.05) is 6.08 Å². The number of unbranched alkanes of at least 4 members (excludes halogenated alkanes) is 48. The molecule has 1 aliphatic rings. The molecule has 98 heavy (non-hydrogen) atoms. The lowest BCUT2D eigenvalue weighted by Gasteiger charge is -2.40. The first-order valence-corrected chi connectivity index (χ1v) is 41.9. The van der Waals surface area contributed by atoms with Crippen LogP contribution in [-0.4, -0.2) is 100 Å². The second-order valence-corrected chi connectivity index (χ2v) is 28.8. The predicted octanol–water partition coefficient (Wildman–Crippen LogP) is 23.1. The molecule has 0 spiro atoms. The summed E-state index contributed by atoms with van der Waals surface area (Å²) in [6, 6.07) is -0.834. The number of hydrogen-bond acceptors (Lipinski definition) is 10. The fourth-order valence-corrected chi connectivity index (χ4v) is 12.9. The van der Waals surface area contributed by atoms with Gasteiger partial charge < -0.3 is 45.1 Å². The van der Waals surface area contributed by atoms with E-state index in [0.29, 0.717) is 19.4 Å². The number of aliphatic hydroxyl groups is 5. The fraction of sp³-hybridized carbons (Fsp3) is 0.816. The Balaban J connectivity index is 1.90. The van der Waals surface area contributed by atoms with Crippen LogP contribution in [0.25, 0.3) is 0 Å². The van der Waals surface area contributed by atoms with Crippen molar-refractivity contribution in [3.05, 3.63) is 85.1 Å². The van der Waals surface area contributed by atoms with E-state index in [1.165, 1.54) is 283 Å². The number of carbonyl (C=O) groups is 2. The third kappa shape index (κ3) is 62.6. The summed E-state index contributed by atoms with van der Waals surface area (Å²) in [6.45, 7) is 4.31. The summed E-state index contributed by atoms with van der Waals surface area (Å²) in [6.07, 6.45) is 94.8. The molecular formula is C87H157NO10. The summed E-state index contributed by atoms with van der Waals surface area (Å²) in [5.41, 5.74) is 0. The number of esters is 1. The lowest BCUT2D eigenvalue weighted by molar-refractivity contribution is -0.302. The van der Waals surface area contributed by atoms with Crippen molar-refractivity contribution in [3.63, 3.8) is 0 Å². The van der Waals surface area contributed by atoms with Gasteiger partial charge in [-0.05, 0) is 122 Å². The molecule has 1 heterocycles. The Hall–Kier alpha value is -3.16. The van der Waals surface area contributed by atoms with Crippen LogP contribution in [-0.2, 0) is 23.8 Å². The van der Waals surface area contributed by atoms with Crippen LogP contribution < -0.4 is 5.32 Å². The lowest BCUT2D eigenvalue weighted by Crippen LogP contribution is -2.60. The summed E-state index contributed by atoms with van der Waals surface area (Å²) < 4.78 is 16.8. The molecule has 0 aromatic heterocycles. The normalized spacial score (nSPS) is 17.6. The molecule has 0 aliphatic carbocycles. The minimum Gasteiger partial charge on any atom is -0.466 e. The van der Waals surface area contributed by atoms with E-state index in [4.69, 9.17) is 14.2 Å². The van der Waals surface area contributed by atoms with E-state index in [1.54, 1.807) is 6.08 Å². The largest absolute Gasteiger partial charge is 0.466 e. The topological polar surface area (TPSA) is 175 Å². The van der Waals surface area contributed by atoms with Crippen LogP contribution >= 0.6 is 0 Å². The number of amides is 1. The Morgan fingerprint density at radius 2 is 0.694 bits per heavy atom. The van der Waals surface area contributed by atoms with Gasteiger partial charge in [0.15, 0.2) is 6.29 Å². The molecule has 1 rings (SSSR count). The number of carbonyl (C=O) groups excluding carboxylic acids is 2. The van der Waals surface area contributed by atoms with Crippen LogP contribution in [0.4, 0.5) is 0 Å².